The van der Waals surface area contributed by atoms with Crippen LogP contribution in [0.1, 0.15) is 71.1 Å². The molecule has 0 saturated heterocycles. The molecule has 1 aliphatic carbocycles. The van der Waals surface area contributed by atoms with E-state index in [1.54, 1.807) is 12.2 Å². The number of Topliss-reactive ketones (excluding diaryl/α,β-unsaturated/α-hetero) is 1. The van der Waals surface area contributed by atoms with Crippen molar-refractivity contribution >= 4 is 11.8 Å². The number of carboxylic acid groups (broad SMARTS) is 1. The Morgan fingerprint density at radius 2 is 1.88 bits per heavy atom. The van der Waals surface area contributed by atoms with E-state index in [1.165, 1.54) is 0 Å². The average molecular weight is 370 g/mol. The molecular formula is C20H34O6. The topological polar surface area (TPSA) is 115 Å². The van der Waals surface area contributed by atoms with E-state index in [4.69, 9.17) is 5.11 Å². The van der Waals surface area contributed by atoms with Gasteiger partial charge in [-0.15, -0.1) is 0 Å². The Kier molecular flexibility index (Phi) is 10.7. The minimum absolute atomic E-state index is 0.0635. The molecule has 150 valence electrons. The first-order valence-electron chi connectivity index (χ1n) is 9.82. The lowest BCUT2D eigenvalue weighted by atomic mass is 9.88. The molecule has 1 fully saturated rings. The summed E-state index contributed by atoms with van der Waals surface area (Å²) in [7, 11) is 0. The van der Waals surface area contributed by atoms with Gasteiger partial charge in [0, 0.05) is 24.7 Å². The minimum atomic E-state index is -0.783. The third-order valence-electron chi connectivity index (χ3n) is 5.21. The fourth-order valence-electron chi connectivity index (χ4n) is 3.51. The normalized spacial score (nSPS) is 25.7. The highest BCUT2D eigenvalue weighted by atomic mass is 16.4. The smallest absolute Gasteiger partial charge is 0.303 e. The van der Waals surface area contributed by atoms with Crippen molar-refractivity contribution in [1.29, 1.82) is 0 Å². The number of carbonyl (C=O) groups is 2. The van der Waals surface area contributed by atoms with Gasteiger partial charge in [0.15, 0.2) is 0 Å². The van der Waals surface area contributed by atoms with E-state index >= 15 is 0 Å². The summed E-state index contributed by atoms with van der Waals surface area (Å²) in [6.45, 7) is 1.89. The second kappa shape index (κ2) is 12.2. The van der Waals surface area contributed by atoms with Crippen LogP contribution in [-0.2, 0) is 9.59 Å². The van der Waals surface area contributed by atoms with Gasteiger partial charge < -0.3 is 20.4 Å². The number of carbonyl (C=O) groups excluding carboxylic acids is 1. The Hall–Kier alpha value is -1.24. The minimum Gasteiger partial charge on any atom is -0.481 e. The number of aliphatic hydroxyl groups excluding tert-OH is 3. The zero-order chi connectivity index (χ0) is 19.5. The van der Waals surface area contributed by atoms with Gasteiger partial charge in [0.2, 0.25) is 0 Å². The fraction of sp³-hybridized carbons (Fsp3) is 0.800. The average Bonchev–Trinajstić information content (AvgIpc) is 2.86. The first kappa shape index (κ1) is 22.8. The Morgan fingerprint density at radius 1 is 1.19 bits per heavy atom. The predicted molar refractivity (Wildman–Crippen MR) is 98.6 cm³/mol. The number of hydrogen-bond acceptors (Lipinski definition) is 5. The molecule has 1 aliphatic rings. The molecule has 1 unspecified atom stereocenters. The lowest BCUT2D eigenvalue weighted by molar-refractivity contribution is -0.137. The first-order chi connectivity index (χ1) is 12.3. The maximum absolute atomic E-state index is 12.1. The number of unbranched alkanes of at least 4 members (excludes halogenated alkanes) is 3. The lowest BCUT2D eigenvalue weighted by Crippen LogP contribution is -2.19. The van der Waals surface area contributed by atoms with Crippen LogP contribution in [0.25, 0.3) is 0 Å². The third kappa shape index (κ3) is 8.43. The summed E-state index contributed by atoms with van der Waals surface area (Å²) in [6.07, 6.45) is 7.42. The van der Waals surface area contributed by atoms with Crippen molar-refractivity contribution in [3.8, 4) is 0 Å². The molecule has 0 aromatic rings. The van der Waals surface area contributed by atoms with Gasteiger partial charge in [0.05, 0.1) is 18.3 Å². The van der Waals surface area contributed by atoms with Crippen LogP contribution in [0.15, 0.2) is 12.2 Å². The molecule has 0 aliphatic heterocycles. The maximum Gasteiger partial charge on any atom is 0.303 e. The molecule has 6 heteroatoms. The molecular weight excluding hydrogens is 336 g/mol. The number of carboxylic acids is 1. The molecule has 0 aromatic heterocycles. The number of aliphatic carboxylic acids is 1. The van der Waals surface area contributed by atoms with E-state index in [9.17, 15) is 24.9 Å². The van der Waals surface area contributed by atoms with Crippen molar-refractivity contribution in [3.05, 3.63) is 12.2 Å². The van der Waals surface area contributed by atoms with Crippen LogP contribution in [0.4, 0.5) is 0 Å². The monoisotopic (exact) mass is 370 g/mol. The summed E-state index contributed by atoms with van der Waals surface area (Å²) < 4.78 is 0. The van der Waals surface area contributed by atoms with Gasteiger partial charge in [-0.2, -0.15) is 0 Å². The fourth-order valence-corrected chi connectivity index (χ4v) is 3.51. The number of hydrogen-bond donors (Lipinski definition) is 4. The third-order valence-corrected chi connectivity index (χ3v) is 5.21. The summed E-state index contributed by atoms with van der Waals surface area (Å²) >= 11 is 0. The van der Waals surface area contributed by atoms with Crippen molar-refractivity contribution in [3.63, 3.8) is 0 Å². The molecule has 26 heavy (non-hydrogen) atoms. The van der Waals surface area contributed by atoms with Crippen molar-refractivity contribution in [1.82, 2.24) is 0 Å². The van der Waals surface area contributed by atoms with Crippen molar-refractivity contribution in [2.45, 2.75) is 89.4 Å². The zero-order valence-electron chi connectivity index (χ0n) is 15.7. The quantitative estimate of drug-likeness (QED) is 0.292. The van der Waals surface area contributed by atoms with Gasteiger partial charge in [0.25, 0.3) is 0 Å². The zero-order valence-corrected chi connectivity index (χ0v) is 15.7. The van der Waals surface area contributed by atoms with Crippen molar-refractivity contribution in [2.75, 3.05) is 0 Å². The Balaban J connectivity index is 2.42. The summed E-state index contributed by atoms with van der Waals surface area (Å²) in [5, 5.41) is 38.3. The SMILES string of the molecule is CCC(O)CC[C@H](O)C=C[C@H]1[C@H](O)CC(=O)[C@@H]1CCCCCCC(=O)O. The maximum atomic E-state index is 12.1. The van der Waals surface area contributed by atoms with Crippen LogP contribution in [0, 0.1) is 11.8 Å². The molecule has 1 rings (SSSR count). The van der Waals surface area contributed by atoms with Crippen LogP contribution in [0.3, 0.4) is 0 Å². The molecule has 0 radical (unpaired) electrons. The Bertz CT molecular complexity index is 461. The molecule has 0 aromatic carbocycles. The van der Waals surface area contributed by atoms with Crippen molar-refractivity contribution < 1.29 is 30.0 Å². The molecule has 0 amide bonds. The van der Waals surface area contributed by atoms with Gasteiger partial charge in [-0.3, -0.25) is 9.59 Å². The van der Waals surface area contributed by atoms with E-state index in [0.717, 1.165) is 19.3 Å². The number of rotatable bonds is 13. The van der Waals surface area contributed by atoms with Gasteiger partial charge in [-0.1, -0.05) is 38.3 Å². The highest BCUT2D eigenvalue weighted by molar-refractivity contribution is 5.84. The highest BCUT2D eigenvalue weighted by Gasteiger charge is 2.39. The standard InChI is InChI=1S/C20H34O6/c1-2-14(21)9-10-15(22)11-12-17-16(18(23)13-19(17)24)7-5-3-4-6-8-20(25)26/h11-12,14-17,19,21-22,24H,2-10,13H2,1H3,(H,25,26)/t14?,15-,16+,17+,19+/m0/s1. The summed E-state index contributed by atoms with van der Waals surface area (Å²) in [4.78, 5) is 22.6. The Morgan fingerprint density at radius 3 is 2.54 bits per heavy atom. The second-order valence-electron chi connectivity index (χ2n) is 7.36. The molecule has 1 saturated carbocycles. The van der Waals surface area contributed by atoms with Gasteiger partial charge in [0.1, 0.15) is 5.78 Å². The van der Waals surface area contributed by atoms with Crippen LogP contribution in [0.2, 0.25) is 0 Å². The second-order valence-corrected chi connectivity index (χ2v) is 7.36. The van der Waals surface area contributed by atoms with Gasteiger partial charge >= 0.3 is 5.97 Å². The van der Waals surface area contributed by atoms with Crippen LogP contribution in [0.5, 0.6) is 0 Å². The van der Waals surface area contributed by atoms with Crippen LogP contribution >= 0.6 is 0 Å². The lowest BCUT2D eigenvalue weighted by Gasteiger charge is -2.18. The first-order valence-corrected chi connectivity index (χ1v) is 9.82. The van der Waals surface area contributed by atoms with Crippen molar-refractivity contribution in [2.24, 2.45) is 11.8 Å². The largest absolute Gasteiger partial charge is 0.481 e. The summed E-state index contributed by atoms with van der Waals surface area (Å²) in [5.41, 5.74) is 0. The van der Waals surface area contributed by atoms with E-state index in [0.29, 0.717) is 32.1 Å². The summed E-state index contributed by atoms with van der Waals surface area (Å²) in [5.74, 6) is -1.22. The van der Waals surface area contributed by atoms with Gasteiger partial charge in [-0.05, 0) is 32.1 Å². The molecule has 0 bridgehead atoms. The van der Waals surface area contributed by atoms with Crippen LogP contribution < -0.4 is 0 Å². The van der Waals surface area contributed by atoms with E-state index in [-0.39, 0.29) is 30.5 Å². The van der Waals surface area contributed by atoms with Crippen LogP contribution in [-0.4, -0.2) is 50.5 Å². The highest BCUT2D eigenvalue weighted by Crippen LogP contribution is 2.34. The molecule has 0 heterocycles. The van der Waals surface area contributed by atoms with E-state index < -0.39 is 24.3 Å². The van der Waals surface area contributed by atoms with E-state index in [1.807, 2.05) is 6.92 Å². The molecule has 0 spiro atoms. The van der Waals surface area contributed by atoms with E-state index in [2.05, 4.69) is 0 Å². The summed E-state index contributed by atoms with van der Waals surface area (Å²) in [6, 6.07) is 0. The number of ketones is 1. The van der Waals surface area contributed by atoms with Gasteiger partial charge in [-0.25, -0.2) is 0 Å². The number of aliphatic hydroxyl groups is 3. The predicted octanol–water partition coefficient (Wildman–Crippen LogP) is 2.45. The molecule has 6 nitrogen and oxygen atoms in total. The molecule has 5 atom stereocenters. The molecule has 4 N–H and O–H groups in total. The Labute approximate surface area is 155 Å².